The molecule has 3 N–H and O–H groups in total. The first kappa shape index (κ1) is 13.7. The minimum Gasteiger partial charge on any atom is -0.478 e. The topological polar surface area (TPSA) is 73.1 Å². The third-order valence-electron chi connectivity index (χ3n) is 2.41. The minimum absolute atomic E-state index is 0.238. The van der Waals surface area contributed by atoms with Crippen molar-refractivity contribution in [1.82, 2.24) is 9.97 Å². The minimum atomic E-state index is 0.238. The molecule has 0 aromatic carbocycles. The Morgan fingerprint density at radius 3 is 3.00 bits per heavy atom. The lowest BCUT2D eigenvalue weighted by Crippen LogP contribution is -2.22. The molecule has 0 radical (unpaired) electrons. The van der Waals surface area contributed by atoms with Crippen LogP contribution in [0.5, 0.6) is 5.88 Å². The second-order valence-corrected chi connectivity index (χ2v) is 3.95. The lowest BCUT2D eigenvalue weighted by atomic mass is 10.2. The van der Waals surface area contributed by atoms with E-state index in [1.807, 2.05) is 0 Å². The van der Waals surface area contributed by atoms with Gasteiger partial charge in [0.2, 0.25) is 11.8 Å². The van der Waals surface area contributed by atoms with E-state index in [9.17, 15) is 0 Å². The molecule has 0 fully saturated rings. The van der Waals surface area contributed by atoms with Crippen LogP contribution in [0.3, 0.4) is 0 Å². The number of nitrogens with zero attached hydrogens (tertiary/aromatic N) is 2. The van der Waals surface area contributed by atoms with Crippen molar-refractivity contribution in [2.45, 2.75) is 39.2 Å². The summed E-state index contributed by atoms with van der Waals surface area (Å²) in [6.07, 6.45) is 4.57. The van der Waals surface area contributed by atoms with Gasteiger partial charge in [-0.15, -0.1) is 0 Å². The van der Waals surface area contributed by atoms with Gasteiger partial charge in [0.1, 0.15) is 0 Å². The molecule has 0 bridgehead atoms. The maximum absolute atomic E-state index is 5.83. The smallest absolute Gasteiger partial charge is 0.225 e. The van der Waals surface area contributed by atoms with Crippen LogP contribution in [0.2, 0.25) is 0 Å². The van der Waals surface area contributed by atoms with Gasteiger partial charge in [-0.1, -0.05) is 13.8 Å². The fraction of sp³-hybridized carbons (Fsp3) is 0.667. The molecule has 1 aromatic rings. The number of hydrogen-bond donors (Lipinski definition) is 2. The Morgan fingerprint density at radius 2 is 2.29 bits per heavy atom. The third-order valence-corrected chi connectivity index (χ3v) is 2.41. The highest BCUT2D eigenvalue weighted by Gasteiger charge is 2.01. The molecule has 1 heterocycles. The van der Waals surface area contributed by atoms with Gasteiger partial charge in [-0.3, -0.25) is 0 Å². The van der Waals surface area contributed by atoms with Gasteiger partial charge in [0, 0.05) is 24.8 Å². The van der Waals surface area contributed by atoms with Gasteiger partial charge < -0.3 is 15.8 Å². The van der Waals surface area contributed by atoms with Gasteiger partial charge in [0.15, 0.2) is 0 Å². The first-order valence-corrected chi connectivity index (χ1v) is 6.21. The lowest BCUT2D eigenvalue weighted by molar-refractivity contribution is 0.305. The molecular formula is C12H22N4O. The highest BCUT2D eigenvalue weighted by molar-refractivity contribution is 5.27. The van der Waals surface area contributed by atoms with Gasteiger partial charge >= 0.3 is 0 Å². The zero-order chi connectivity index (χ0) is 12.5. The molecule has 0 aliphatic rings. The van der Waals surface area contributed by atoms with Gasteiger partial charge in [-0.05, 0) is 19.3 Å². The second kappa shape index (κ2) is 7.84. The van der Waals surface area contributed by atoms with Crippen LogP contribution in [0.4, 0.5) is 5.95 Å². The molecule has 0 amide bonds. The highest BCUT2D eigenvalue weighted by atomic mass is 16.5. The summed E-state index contributed by atoms with van der Waals surface area (Å²) in [6.45, 7) is 5.61. The number of hydrogen-bond acceptors (Lipinski definition) is 5. The zero-order valence-corrected chi connectivity index (χ0v) is 10.6. The van der Waals surface area contributed by atoms with Gasteiger partial charge in [0.25, 0.3) is 0 Å². The Hall–Kier alpha value is -1.36. The van der Waals surface area contributed by atoms with Crippen LogP contribution in [0.15, 0.2) is 12.3 Å². The van der Waals surface area contributed by atoms with Crippen LogP contribution in [0.1, 0.15) is 33.1 Å². The van der Waals surface area contributed by atoms with Gasteiger partial charge in [-0.25, -0.2) is 4.98 Å². The number of ether oxygens (including phenoxy) is 1. The van der Waals surface area contributed by atoms with E-state index in [1.165, 1.54) is 0 Å². The predicted molar refractivity (Wildman–Crippen MR) is 69.2 cm³/mol. The SMILES string of the molecule is CCCOc1ccnc(NCCC(N)CC)n1. The number of nitrogens with one attached hydrogen (secondary N) is 1. The summed E-state index contributed by atoms with van der Waals surface area (Å²) in [4.78, 5) is 8.37. The van der Waals surface area contributed by atoms with Crippen LogP contribution in [0.25, 0.3) is 0 Å². The van der Waals surface area contributed by atoms with Crippen molar-refractivity contribution in [2.24, 2.45) is 5.73 Å². The maximum Gasteiger partial charge on any atom is 0.225 e. The van der Waals surface area contributed by atoms with E-state index in [4.69, 9.17) is 10.5 Å². The molecule has 5 heteroatoms. The number of rotatable bonds is 8. The van der Waals surface area contributed by atoms with E-state index in [0.29, 0.717) is 18.4 Å². The Morgan fingerprint density at radius 1 is 1.47 bits per heavy atom. The molecule has 0 aliphatic heterocycles. The summed E-state index contributed by atoms with van der Waals surface area (Å²) in [6, 6.07) is 2.00. The maximum atomic E-state index is 5.83. The summed E-state index contributed by atoms with van der Waals surface area (Å²) in [5, 5.41) is 3.14. The van der Waals surface area contributed by atoms with Crippen molar-refractivity contribution in [2.75, 3.05) is 18.5 Å². The zero-order valence-electron chi connectivity index (χ0n) is 10.6. The molecule has 0 saturated carbocycles. The van der Waals surface area contributed by atoms with Crippen LogP contribution < -0.4 is 15.8 Å². The van der Waals surface area contributed by atoms with Crippen LogP contribution in [0, 0.1) is 0 Å². The second-order valence-electron chi connectivity index (χ2n) is 3.95. The molecule has 0 saturated heterocycles. The van der Waals surface area contributed by atoms with Crippen molar-refractivity contribution in [1.29, 1.82) is 0 Å². The molecular weight excluding hydrogens is 216 g/mol. The highest BCUT2D eigenvalue weighted by Crippen LogP contribution is 2.08. The fourth-order valence-corrected chi connectivity index (χ4v) is 1.29. The normalized spacial score (nSPS) is 12.2. The van der Waals surface area contributed by atoms with Crippen LogP contribution >= 0.6 is 0 Å². The molecule has 1 rings (SSSR count). The van der Waals surface area contributed by atoms with Crippen molar-refractivity contribution < 1.29 is 4.74 Å². The first-order valence-electron chi connectivity index (χ1n) is 6.21. The van der Waals surface area contributed by atoms with Crippen molar-refractivity contribution in [3.05, 3.63) is 12.3 Å². The van der Waals surface area contributed by atoms with Gasteiger partial charge in [0.05, 0.1) is 6.61 Å². The molecule has 1 aromatic heterocycles. The molecule has 1 unspecified atom stereocenters. The van der Waals surface area contributed by atoms with E-state index in [0.717, 1.165) is 25.8 Å². The molecule has 5 nitrogen and oxygen atoms in total. The van der Waals surface area contributed by atoms with Gasteiger partial charge in [-0.2, -0.15) is 4.98 Å². The predicted octanol–water partition coefficient (Wildman–Crippen LogP) is 1.80. The van der Waals surface area contributed by atoms with Crippen molar-refractivity contribution in [3.8, 4) is 5.88 Å². The molecule has 96 valence electrons. The summed E-state index contributed by atoms with van der Waals surface area (Å²) in [5.41, 5.74) is 5.83. The van der Waals surface area contributed by atoms with Crippen LogP contribution in [-0.4, -0.2) is 29.2 Å². The Labute approximate surface area is 103 Å². The van der Waals surface area contributed by atoms with E-state index >= 15 is 0 Å². The Balaban J connectivity index is 2.37. The van der Waals surface area contributed by atoms with Crippen LogP contribution in [-0.2, 0) is 0 Å². The Kier molecular flexibility index (Phi) is 6.32. The quantitative estimate of drug-likeness (QED) is 0.722. The summed E-state index contributed by atoms with van der Waals surface area (Å²) in [7, 11) is 0. The molecule has 1 atom stereocenters. The van der Waals surface area contributed by atoms with E-state index < -0.39 is 0 Å². The molecule has 0 aliphatic carbocycles. The van der Waals surface area contributed by atoms with E-state index in [1.54, 1.807) is 12.3 Å². The average molecular weight is 238 g/mol. The lowest BCUT2D eigenvalue weighted by Gasteiger charge is -2.10. The average Bonchev–Trinajstić information content (AvgIpc) is 2.36. The molecule has 0 spiro atoms. The van der Waals surface area contributed by atoms with Crippen molar-refractivity contribution >= 4 is 5.95 Å². The standard InChI is InChI=1S/C12H22N4O/c1-3-9-17-11-6-8-15-12(16-11)14-7-5-10(13)4-2/h6,8,10H,3-5,7,9,13H2,1-2H3,(H,14,15,16). The largest absolute Gasteiger partial charge is 0.478 e. The number of aromatic nitrogens is 2. The monoisotopic (exact) mass is 238 g/mol. The fourth-order valence-electron chi connectivity index (χ4n) is 1.29. The Bertz CT molecular complexity index is 319. The molecule has 17 heavy (non-hydrogen) atoms. The summed E-state index contributed by atoms with van der Waals surface area (Å²) in [5.74, 6) is 1.21. The van der Waals surface area contributed by atoms with E-state index in [2.05, 4.69) is 29.1 Å². The number of nitrogens with two attached hydrogens (primary N) is 1. The van der Waals surface area contributed by atoms with Crippen molar-refractivity contribution in [3.63, 3.8) is 0 Å². The third kappa shape index (κ3) is 5.49. The van der Waals surface area contributed by atoms with E-state index in [-0.39, 0.29) is 6.04 Å². The first-order chi connectivity index (χ1) is 8.26. The summed E-state index contributed by atoms with van der Waals surface area (Å²) < 4.78 is 5.43. The number of anilines is 1. The summed E-state index contributed by atoms with van der Waals surface area (Å²) >= 11 is 0.